The van der Waals surface area contributed by atoms with Crippen molar-refractivity contribution < 1.29 is 0 Å². The van der Waals surface area contributed by atoms with Gasteiger partial charge in [0.1, 0.15) is 23.3 Å². The molecule has 0 aliphatic carbocycles. The average Bonchev–Trinajstić information content (AvgIpc) is 2.90. The molecule has 0 aliphatic rings. The summed E-state index contributed by atoms with van der Waals surface area (Å²) < 4.78 is 0. The van der Waals surface area contributed by atoms with Gasteiger partial charge in [0, 0.05) is 16.8 Å². The SMILES string of the molecule is N#Cc1ccc(-c2n[nH]c(N)c2-c2ccc(Cl)cc2)cn1. The van der Waals surface area contributed by atoms with E-state index in [4.69, 9.17) is 22.6 Å². The van der Waals surface area contributed by atoms with Gasteiger partial charge < -0.3 is 5.73 Å². The van der Waals surface area contributed by atoms with Gasteiger partial charge in [-0.3, -0.25) is 5.10 Å². The van der Waals surface area contributed by atoms with Gasteiger partial charge in [-0.15, -0.1) is 0 Å². The number of aromatic nitrogens is 3. The lowest BCUT2D eigenvalue weighted by Gasteiger charge is -2.04. The Balaban J connectivity index is 2.12. The summed E-state index contributed by atoms with van der Waals surface area (Å²) in [6, 6.07) is 12.8. The number of nitrogen functional groups attached to an aromatic ring is 1. The number of nitrogens with zero attached hydrogens (tertiary/aromatic N) is 3. The van der Waals surface area contributed by atoms with Crippen LogP contribution in [0.1, 0.15) is 5.69 Å². The van der Waals surface area contributed by atoms with Crippen molar-refractivity contribution in [2.24, 2.45) is 0 Å². The molecule has 0 atom stereocenters. The van der Waals surface area contributed by atoms with Crippen LogP contribution in [-0.2, 0) is 0 Å². The van der Waals surface area contributed by atoms with Crippen LogP contribution in [0.25, 0.3) is 22.4 Å². The van der Waals surface area contributed by atoms with E-state index in [0.717, 1.165) is 16.7 Å². The van der Waals surface area contributed by atoms with Crippen LogP contribution in [0.2, 0.25) is 5.02 Å². The first kappa shape index (κ1) is 13.2. The zero-order valence-electron chi connectivity index (χ0n) is 10.8. The van der Waals surface area contributed by atoms with E-state index in [1.165, 1.54) is 0 Å². The summed E-state index contributed by atoms with van der Waals surface area (Å²) in [4.78, 5) is 4.05. The number of nitrogens with two attached hydrogens (primary N) is 1. The second kappa shape index (κ2) is 5.27. The number of nitriles is 1. The van der Waals surface area contributed by atoms with Crippen LogP contribution in [0.15, 0.2) is 42.6 Å². The number of rotatable bonds is 2. The molecule has 0 unspecified atom stereocenters. The predicted octanol–water partition coefficient (Wildman–Crippen LogP) is 3.25. The number of halogens is 1. The molecule has 21 heavy (non-hydrogen) atoms. The molecule has 0 fully saturated rings. The van der Waals surface area contributed by atoms with Crippen molar-refractivity contribution >= 4 is 17.4 Å². The van der Waals surface area contributed by atoms with Crippen molar-refractivity contribution in [1.29, 1.82) is 5.26 Å². The third-order valence-corrected chi connectivity index (χ3v) is 3.33. The van der Waals surface area contributed by atoms with Crippen LogP contribution < -0.4 is 5.73 Å². The number of anilines is 1. The lowest BCUT2D eigenvalue weighted by Crippen LogP contribution is -1.89. The zero-order valence-corrected chi connectivity index (χ0v) is 11.6. The van der Waals surface area contributed by atoms with E-state index >= 15 is 0 Å². The Morgan fingerprint density at radius 2 is 1.81 bits per heavy atom. The number of hydrogen-bond acceptors (Lipinski definition) is 4. The fourth-order valence-electron chi connectivity index (χ4n) is 2.07. The molecule has 0 saturated heterocycles. The molecule has 2 heterocycles. The molecule has 0 amide bonds. The molecule has 3 rings (SSSR count). The molecule has 0 saturated carbocycles. The number of nitrogens with one attached hydrogen (secondary N) is 1. The van der Waals surface area contributed by atoms with Crippen molar-refractivity contribution in [3.63, 3.8) is 0 Å². The van der Waals surface area contributed by atoms with Crippen LogP contribution in [-0.4, -0.2) is 15.2 Å². The molecule has 0 spiro atoms. The highest BCUT2D eigenvalue weighted by molar-refractivity contribution is 6.30. The summed E-state index contributed by atoms with van der Waals surface area (Å²) in [6.45, 7) is 0. The van der Waals surface area contributed by atoms with Gasteiger partial charge >= 0.3 is 0 Å². The molecule has 5 nitrogen and oxygen atoms in total. The van der Waals surface area contributed by atoms with E-state index in [1.54, 1.807) is 30.5 Å². The van der Waals surface area contributed by atoms with Crippen molar-refractivity contribution in [3.05, 3.63) is 53.3 Å². The Hall–Kier alpha value is -2.84. The Morgan fingerprint density at radius 1 is 1.10 bits per heavy atom. The van der Waals surface area contributed by atoms with Crippen molar-refractivity contribution in [3.8, 4) is 28.5 Å². The van der Waals surface area contributed by atoms with Crippen LogP contribution >= 0.6 is 11.6 Å². The van der Waals surface area contributed by atoms with Crippen molar-refractivity contribution in [2.45, 2.75) is 0 Å². The molecule has 6 heteroatoms. The lowest BCUT2D eigenvalue weighted by molar-refractivity contribution is 1.10. The molecular weight excluding hydrogens is 286 g/mol. The van der Waals surface area contributed by atoms with Gasteiger partial charge in [-0.2, -0.15) is 10.4 Å². The largest absolute Gasteiger partial charge is 0.384 e. The zero-order chi connectivity index (χ0) is 14.8. The summed E-state index contributed by atoms with van der Waals surface area (Å²) in [5.74, 6) is 0.469. The molecule has 2 aromatic heterocycles. The maximum Gasteiger partial charge on any atom is 0.140 e. The first-order valence-corrected chi connectivity index (χ1v) is 6.53. The van der Waals surface area contributed by atoms with E-state index in [1.807, 2.05) is 18.2 Å². The maximum absolute atomic E-state index is 8.79. The number of H-pyrrole nitrogens is 1. The van der Waals surface area contributed by atoms with Crippen molar-refractivity contribution in [1.82, 2.24) is 15.2 Å². The molecule has 0 radical (unpaired) electrons. The highest BCUT2D eigenvalue weighted by atomic mass is 35.5. The third-order valence-electron chi connectivity index (χ3n) is 3.08. The quantitative estimate of drug-likeness (QED) is 0.759. The maximum atomic E-state index is 8.79. The second-order valence-electron chi connectivity index (χ2n) is 4.41. The molecule has 1 aromatic carbocycles. The van der Waals surface area contributed by atoms with E-state index in [-0.39, 0.29) is 0 Å². The minimum Gasteiger partial charge on any atom is -0.384 e. The smallest absolute Gasteiger partial charge is 0.140 e. The summed E-state index contributed by atoms with van der Waals surface area (Å²) in [6.07, 6.45) is 1.60. The van der Waals surface area contributed by atoms with E-state index in [0.29, 0.717) is 22.2 Å². The van der Waals surface area contributed by atoms with Gasteiger partial charge in [-0.25, -0.2) is 4.98 Å². The van der Waals surface area contributed by atoms with E-state index in [2.05, 4.69) is 15.2 Å². The standard InChI is InChI=1S/C15H10ClN5/c16-11-4-1-9(2-5-11)13-14(20-21-15(13)18)10-3-6-12(7-17)19-8-10/h1-6,8H,(H3,18,20,21). The Labute approximate surface area is 126 Å². The summed E-state index contributed by atoms with van der Waals surface area (Å²) in [5, 5.41) is 16.5. The Bertz CT molecular complexity index is 813. The Morgan fingerprint density at radius 3 is 2.43 bits per heavy atom. The van der Waals surface area contributed by atoms with Crippen LogP contribution in [0.3, 0.4) is 0 Å². The topological polar surface area (TPSA) is 91.4 Å². The molecule has 0 aliphatic heterocycles. The molecule has 3 aromatic rings. The van der Waals surface area contributed by atoms with Gasteiger partial charge in [0.05, 0.1) is 5.56 Å². The van der Waals surface area contributed by atoms with E-state index in [9.17, 15) is 0 Å². The first-order chi connectivity index (χ1) is 10.2. The van der Waals surface area contributed by atoms with Gasteiger partial charge in [-0.1, -0.05) is 23.7 Å². The number of hydrogen-bond donors (Lipinski definition) is 2. The number of benzene rings is 1. The fourth-order valence-corrected chi connectivity index (χ4v) is 2.20. The number of pyridine rings is 1. The highest BCUT2D eigenvalue weighted by Crippen LogP contribution is 2.34. The second-order valence-corrected chi connectivity index (χ2v) is 4.85. The lowest BCUT2D eigenvalue weighted by atomic mass is 10.0. The minimum atomic E-state index is 0.357. The van der Waals surface area contributed by atoms with Crippen LogP contribution in [0, 0.1) is 11.3 Å². The summed E-state index contributed by atoms with van der Waals surface area (Å²) in [5.41, 5.74) is 9.51. The van der Waals surface area contributed by atoms with Gasteiger partial charge in [-0.05, 0) is 29.8 Å². The minimum absolute atomic E-state index is 0.357. The molecule has 3 N–H and O–H groups in total. The van der Waals surface area contributed by atoms with Crippen molar-refractivity contribution in [2.75, 3.05) is 5.73 Å². The third kappa shape index (κ3) is 2.45. The number of aromatic amines is 1. The molecular formula is C15H10ClN5. The monoisotopic (exact) mass is 295 g/mol. The molecule has 102 valence electrons. The Kier molecular flexibility index (Phi) is 3.30. The first-order valence-electron chi connectivity index (χ1n) is 6.15. The van der Waals surface area contributed by atoms with E-state index < -0.39 is 0 Å². The summed E-state index contributed by atoms with van der Waals surface area (Å²) >= 11 is 5.91. The van der Waals surface area contributed by atoms with Gasteiger partial charge in [0.15, 0.2) is 0 Å². The van der Waals surface area contributed by atoms with Crippen LogP contribution in [0.4, 0.5) is 5.82 Å². The normalized spacial score (nSPS) is 10.3. The highest BCUT2D eigenvalue weighted by Gasteiger charge is 2.15. The van der Waals surface area contributed by atoms with Gasteiger partial charge in [0.25, 0.3) is 0 Å². The fraction of sp³-hybridized carbons (Fsp3) is 0. The summed E-state index contributed by atoms with van der Waals surface area (Å²) in [7, 11) is 0. The molecule has 0 bridgehead atoms. The van der Waals surface area contributed by atoms with Gasteiger partial charge in [0.2, 0.25) is 0 Å². The average molecular weight is 296 g/mol. The predicted molar refractivity (Wildman–Crippen MR) is 81.4 cm³/mol. The van der Waals surface area contributed by atoms with Crippen LogP contribution in [0.5, 0.6) is 0 Å².